The average molecular weight is 260 g/mol. The van der Waals surface area contributed by atoms with Crippen molar-refractivity contribution < 1.29 is 9.47 Å². The van der Waals surface area contributed by atoms with E-state index < -0.39 is 0 Å². The van der Waals surface area contributed by atoms with Crippen LogP contribution in [0.1, 0.15) is 5.56 Å². The molecule has 17 heavy (non-hydrogen) atoms. The molecular weight excluding hydrogens is 242 g/mol. The van der Waals surface area contributed by atoms with Crippen LogP contribution in [0, 0.1) is 6.92 Å². The quantitative estimate of drug-likeness (QED) is 0.695. The van der Waals surface area contributed by atoms with E-state index in [2.05, 4.69) is 14.9 Å². The summed E-state index contributed by atoms with van der Waals surface area (Å²) in [6.07, 6.45) is 1.47. The summed E-state index contributed by atoms with van der Waals surface area (Å²) in [6, 6.07) is 0. The Morgan fingerprint density at radius 1 is 1.18 bits per heavy atom. The molecule has 6 heteroatoms. The number of nitrogens with zero attached hydrogens (tertiary/aromatic N) is 3. The Kier molecular flexibility index (Phi) is 6.18. The molecule has 5 nitrogen and oxygen atoms in total. The van der Waals surface area contributed by atoms with Crippen LogP contribution >= 0.6 is 11.6 Å². The van der Waals surface area contributed by atoms with Crippen LogP contribution in [0.3, 0.4) is 0 Å². The van der Waals surface area contributed by atoms with Crippen molar-refractivity contribution in [3.05, 3.63) is 17.0 Å². The zero-order chi connectivity index (χ0) is 12.7. The molecule has 0 radical (unpaired) electrons. The summed E-state index contributed by atoms with van der Waals surface area (Å²) >= 11 is 5.99. The van der Waals surface area contributed by atoms with Crippen molar-refractivity contribution in [1.82, 2.24) is 9.97 Å². The van der Waals surface area contributed by atoms with Crippen LogP contribution in [0.15, 0.2) is 6.33 Å². The van der Waals surface area contributed by atoms with Gasteiger partial charge in [0.1, 0.15) is 17.3 Å². The molecule has 0 aliphatic carbocycles. The van der Waals surface area contributed by atoms with Gasteiger partial charge in [-0.05, 0) is 6.92 Å². The highest BCUT2D eigenvalue weighted by molar-refractivity contribution is 6.30. The van der Waals surface area contributed by atoms with Crippen molar-refractivity contribution in [2.75, 3.05) is 45.4 Å². The van der Waals surface area contributed by atoms with Gasteiger partial charge >= 0.3 is 0 Å². The van der Waals surface area contributed by atoms with Crippen LogP contribution in [-0.2, 0) is 9.47 Å². The van der Waals surface area contributed by atoms with Gasteiger partial charge in [-0.25, -0.2) is 9.97 Å². The number of halogens is 1. The van der Waals surface area contributed by atoms with Gasteiger partial charge in [-0.1, -0.05) is 11.6 Å². The lowest BCUT2D eigenvalue weighted by Gasteiger charge is -2.24. The summed E-state index contributed by atoms with van der Waals surface area (Å²) in [7, 11) is 3.35. The SMILES string of the molecule is COCCN(CCOC)c1ncnc(Cl)c1C. The molecule has 0 fully saturated rings. The Hall–Kier alpha value is -0.910. The fourth-order valence-corrected chi connectivity index (χ4v) is 1.59. The normalized spacial score (nSPS) is 10.6. The highest BCUT2D eigenvalue weighted by atomic mass is 35.5. The number of hydrogen-bond donors (Lipinski definition) is 0. The summed E-state index contributed by atoms with van der Waals surface area (Å²) in [6.45, 7) is 4.65. The maximum atomic E-state index is 5.99. The zero-order valence-corrected chi connectivity index (χ0v) is 11.2. The molecule has 0 aromatic carbocycles. The Balaban J connectivity index is 2.83. The van der Waals surface area contributed by atoms with Crippen molar-refractivity contribution in [2.45, 2.75) is 6.92 Å². The molecule has 0 unspecified atom stereocenters. The maximum Gasteiger partial charge on any atom is 0.137 e. The van der Waals surface area contributed by atoms with E-state index in [0.29, 0.717) is 18.4 Å². The van der Waals surface area contributed by atoms with E-state index >= 15 is 0 Å². The van der Waals surface area contributed by atoms with Crippen LogP contribution in [-0.4, -0.2) is 50.5 Å². The van der Waals surface area contributed by atoms with Gasteiger partial charge in [0.15, 0.2) is 0 Å². The van der Waals surface area contributed by atoms with Crippen LogP contribution in [0.5, 0.6) is 0 Å². The number of rotatable bonds is 7. The summed E-state index contributed by atoms with van der Waals surface area (Å²) in [5.74, 6) is 0.833. The van der Waals surface area contributed by atoms with E-state index in [4.69, 9.17) is 21.1 Å². The van der Waals surface area contributed by atoms with Crippen LogP contribution < -0.4 is 4.90 Å². The number of anilines is 1. The second kappa shape index (κ2) is 7.42. The first-order valence-electron chi connectivity index (χ1n) is 5.40. The molecule has 0 atom stereocenters. The molecule has 0 saturated heterocycles. The topological polar surface area (TPSA) is 47.5 Å². The third-order valence-electron chi connectivity index (χ3n) is 2.43. The summed E-state index contributed by atoms with van der Waals surface area (Å²) in [5.41, 5.74) is 0.876. The minimum Gasteiger partial charge on any atom is -0.383 e. The second-order valence-corrected chi connectivity index (χ2v) is 3.94. The highest BCUT2D eigenvalue weighted by Gasteiger charge is 2.12. The van der Waals surface area contributed by atoms with Crippen molar-refractivity contribution in [3.63, 3.8) is 0 Å². The molecule has 96 valence electrons. The van der Waals surface area contributed by atoms with Crippen molar-refractivity contribution in [3.8, 4) is 0 Å². The van der Waals surface area contributed by atoms with Gasteiger partial charge in [0.05, 0.1) is 13.2 Å². The van der Waals surface area contributed by atoms with Gasteiger partial charge in [-0.15, -0.1) is 0 Å². The smallest absolute Gasteiger partial charge is 0.137 e. The van der Waals surface area contributed by atoms with Gasteiger partial charge in [-0.2, -0.15) is 0 Å². The molecule has 0 aliphatic rings. The average Bonchev–Trinajstić information content (AvgIpc) is 2.34. The zero-order valence-electron chi connectivity index (χ0n) is 10.4. The molecule has 0 saturated carbocycles. The van der Waals surface area contributed by atoms with Gasteiger partial charge < -0.3 is 14.4 Å². The predicted octanol–water partition coefficient (Wildman–Crippen LogP) is 1.54. The number of hydrogen-bond acceptors (Lipinski definition) is 5. The van der Waals surface area contributed by atoms with E-state index in [1.54, 1.807) is 14.2 Å². The van der Waals surface area contributed by atoms with Crippen LogP contribution in [0.25, 0.3) is 0 Å². The third-order valence-corrected chi connectivity index (χ3v) is 2.81. The Morgan fingerprint density at radius 2 is 1.76 bits per heavy atom. The van der Waals surface area contributed by atoms with Gasteiger partial charge in [0.2, 0.25) is 0 Å². The molecule has 1 aromatic heterocycles. The molecule has 0 amide bonds. The Labute approximate surface area is 107 Å². The maximum absolute atomic E-state index is 5.99. The standard InChI is InChI=1S/C11H18ClN3O2/c1-9-10(12)13-8-14-11(9)15(4-6-16-2)5-7-17-3/h8H,4-7H2,1-3H3. The van der Waals surface area contributed by atoms with Gasteiger partial charge in [0, 0.05) is 32.9 Å². The van der Waals surface area contributed by atoms with E-state index in [1.807, 2.05) is 6.92 Å². The second-order valence-electron chi connectivity index (χ2n) is 3.59. The van der Waals surface area contributed by atoms with E-state index in [-0.39, 0.29) is 0 Å². The molecule has 0 bridgehead atoms. The van der Waals surface area contributed by atoms with Crippen molar-refractivity contribution >= 4 is 17.4 Å². The van der Waals surface area contributed by atoms with Crippen molar-refractivity contribution in [1.29, 1.82) is 0 Å². The van der Waals surface area contributed by atoms with Crippen LogP contribution in [0.4, 0.5) is 5.82 Å². The van der Waals surface area contributed by atoms with E-state index in [0.717, 1.165) is 24.5 Å². The first-order valence-corrected chi connectivity index (χ1v) is 5.78. The predicted molar refractivity (Wildman–Crippen MR) is 67.7 cm³/mol. The number of aromatic nitrogens is 2. The van der Waals surface area contributed by atoms with Crippen LogP contribution in [0.2, 0.25) is 5.15 Å². The number of ether oxygens (including phenoxy) is 2. The lowest BCUT2D eigenvalue weighted by Crippen LogP contribution is -2.32. The molecular formula is C11H18ClN3O2. The Bertz CT molecular complexity index is 341. The fraction of sp³-hybridized carbons (Fsp3) is 0.636. The third kappa shape index (κ3) is 4.11. The summed E-state index contributed by atoms with van der Waals surface area (Å²) in [4.78, 5) is 10.3. The van der Waals surface area contributed by atoms with Gasteiger partial charge in [-0.3, -0.25) is 0 Å². The molecule has 1 heterocycles. The highest BCUT2D eigenvalue weighted by Crippen LogP contribution is 2.21. The Morgan fingerprint density at radius 3 is 2.29 bits per heavy atom. The first-order chi connectivity index (χ1) is 8.20. The molecule has 0 spiro atoms. The minimum atomic E-state index is 0.481. The molecule has 1 rings (SSSR count). The van der Waals surface area contributed by atoms with Crippen molar-refractivity contribution in [2.24, 2.45) is 0 Å². The molecule has 1 aromatic rings. The number of methoxy groups -OCH3 is 2. The minimum absolute atomic E-state index is 0.481. The fourth-order valence-electron chi connectivity index (χ4n) is 1.47. The largest absolute Gasteiger partial charge is 0.383 e. The lowest BCUT2D eigenvalue weighted by molar-refractivity contribution is 0.190. The van der Waals surface area contributed by atoms with E-state index in [1.165, 1.54) is 6.33 Å². The van der Waals surface area contributed by atoms with Gasteiger partial charge in [0.25, 0.3) is 0 Å². The molecule has 0 N–H and O–H groups in total. The summed E-state index contributed by atoms with van der Waals surface area (Å²) < 4.78 is 10.2. The first kappa shape index (κ1) is 14.2. The monoisotopic (exact) mass is 259 g/mol. The lowest BCUT2D eigenvalue weighted by atomic mass is 10.3. The summed E-state index contributed by atoms with van der Waals surface area (Å²) in [5, 5.41) is 0.481. The molecule has 0 aliphatic heterocycles. The van der Waals surface area contributed by atoms with E-state index in [9.17, 15) is 0 Å².